The van der Waals surface area contributed by atoms with Gasteiger partial charge in [0.05, 0.1) is 6.54 Å². The van der Waals surface area contributed by atoms with Crippen LogP contribution in [0.15, 0.2) is 0 Å². The van der Waals surface area contributed by atoms with Gasteiger partial charge in [0, 0.05) is 20.5 Å². The van der Waals surface area contributed by atoms with Crippen LogP contribution in [0.5, 0.6) is 0 Å². The van der Waals surface area contributed by atoms with Gasteiger partial charge in [-0.25, -0.2) is 0 Å². The van der Waals surface area contributed by atoms with Crippen LogP contribution in [0.3, 0.4) is 0 Å². The lowest BCUT2D eigenvalue weighted by molar-refractivity contribution is -0.368. The number of quaternary nitrogens is 1. The standard InChI is InChI=1S/C11H24N2O/c1-13(2)11(14)9-7-5-3-4-6-8-10-12/h3-10,12H2,1-2H3/p+1. The van der Waals surface area contributed by atoms with Gasteiger partial charge in [0.1, 0.15) is 0 Å². The van der Waals surface area contributed by atoms with Gasteiger partial charge in [-0.05, 0) is 19.3 Å². The summed E-state index contributed by atoms with van der Waals surface area (Å²) in [5.74, 6) is 0.253. The van der Waals surface area contributed by atoms with Crippen molar-refractivity contribution in [1.29, 1.82) is 0 Å². The number of amides is 1. The predicted molar refractivity (Wildman–Crippen MR) is 58.8 cm³/mol. The van der Waals surface area contributed by atoms with E-state index in [2.05, 4.69) is 5.73 Å². The molecule has 84 valence electrons. The van der Waals surface area contributed by atoms with Crippen LogP contribution in [0, 0.1) is 0 Å². The van der Waals surface area contributed by atoms with Crippen LogP contribution < -0.4 is 5.73 Å². The Hall–Kier alpha value is -0.570. The molecule has 0 fully saturated rings. The lowest BCUT2D eigenvalue weighted by Crippen LogP contribution is -2.50. The number of carbonyl (C=O) groups is 1. The van der Waals surface area contributed by atoms with Crippen molar-refractivity contribution in [2.24, 2.45) is 0 Å². The second kappa shape index (κ2) is 9.00. The van der Waals surface area contributed by atoms with Crippen molar-refractivity contribution in [3.05, 3.63) is 0 Å². The third-order valence-electron chi connectivity index (χ3n) is 2.39. The van der Waals surface area contributed by atoms with E-state index >= 15 is 0 Å². The fraction of sp³-hybridized carbons (Fsp3) is 0.909. The normalized spacial score (nSPS) is 10.2. The van der Waals surface area contributed by atoms with Gasteiger partial charge in [-0.2, -0.15) is 0 Å². The van der Waals surface area contributed by atoms with E-state index < -0.39 is 0 Å². The van der Waals surface area contributed by atoms with Crippen molar-refractivity contribution < 1.29 is 10.5 Å². The zero-order valence-corrected chi connectivity index (χ0v) is 9.72. The average Bonchev–Trinajstić information content (AvgIpc) is 2.16. The molecule has 0 spiro atoms. The zero-order chi connectivity index (χ0) is 10.8. The largest absolute Gasteiger partial charge is 0.358 e. The Morgan fingerprint density at radius 3 is 2.00 bits per heavy atom. The van der Waals surface area contributed by atoms with E-state index in [4.69, 9.17) is 0 Å². The first-order valence-electron chi connectivity index (χ1n) is 5.68. The smallest absolute Gasteiger partial charge is 0.222 e. The van der Waals surface area contributed by atoms with Crippen molar-refractivity contribution in [2.75, 3.05) is 20.6 Å². The van der Waals surface area contributed by atoms with Gasteiger partial charge in [0.15, 0.2) is 0 Å². The molecule has 0 aliphatic carbocycles. The Morgan fingerprint density at radius 2 is 1.50 bits per heavy atom. The molecular formula is C11H25N2O+. The summed E-state index contributed by atoms with van der Waals surface area (Å²) < 4.78 is 0. The summed E-state index contributed by atoms with van der Waals surface area (Å²) in [5, 5.41) is 0. The molecule has 0 rings (SSSR count). The fourth-order valence-corrected chi connectivity index (χ4v) is 1.38. The van der Waals surface area contributed by atoms with Crippen LogP contribution >= 0.6 is 0 Å². The molecule has 0 aromatic heterocycles. The van der Waals surface area contributed by atoms with Crippen molar-refractivity contribution in [3.8, 4) is 0 Å². The van der Waals surface area contributed by atoms with Gasteiger partial charge < -0.3 is 10.6 Å². The monoisotopic (exact) mass is 201 g/mol. The summed E-state index contributed by atoms with van der Waals surface area (Å²) in [6.07, 6.45) is 8.05. The summed E-state index contributed by atoms with van der Waals surface area (Å²) in [6, 6.07) is 0. The predicted octanol–water partition coefficient (Wildman–Crippen LogP) is 1.05. The van der Waals surface area contributed by atoms with Crippen molar-refractivity contribution in [3.63, 3.8) is 0 Å². The molecule has 0 aromatic rings. The van der Waals surface area contributed by atoms with Gasteiger partial charge in [0.2, 0.25) is 5.91 Å². The maximum Gasteiger partial charge on any atom is 0.222 e. The van der Waals surface area contributed by atoms with E-state index in [1.54, 1.807) is 4.90 Å². The number of carbonyl (C=O) groups excluding carboxylic acids is 1. The second-order valence-electron chi connectivity index (χ2n) is 4.01. The first-order valence-corrected chi connectivity index (χ1v) is 5.68. The number of hydrogen-bond donors (Lipinski definition) is 1. The summed E-state index contributed by atoms with van der Waals surface area (Å²) in [4.78, 5) is 12.9. The van der Waals surface area contributed by atoms with Gasteiger partial charge in [-0.15, -0.1) is 0 Å². The highest BCUT2D eigenvalue weighted by molar-refractivity contribution is 5.75. The minimum Gasteiger partial charge on any atom is -0.358 e. The third-order valence-corrected chi connectivity index (χ3v) is 2.39. The number of nitrogens with zero attached hydrogens (tertiary/aromatic N) is 1. The molecule has 0 saturated carbocycles. The Morgan fingerprint density at radius 1 is 1.00 bits per heavy atom. The summed E-state index contributed by atoms with van der Waals surface area (Å²) >= 11 is 0. The highest BCUT2D eigenvalue weighted by Crippen LogP contribution is 2.07. The average molecular weight is 201 g/mol. The summed E-state index contributed by atoms with van der Waals surface area (Å²) in [5.41, 5.74) is 3.81. The van der Waals surface area contributed by atoms with Crippen LogP contribution in [-0.2, 0) is 4.79 Å². The lowest BCUT2D eigenvalue weighted by Gasteiger charge is -2.09. The van der Waals surface area contributed by atoms with Crippen molar-refractivity contribution in [1.82, 2.24) is 4.90 Å². The van der Waals surface area contributed by atoms with Crippen LogP contribution in [0.2, 0.25) is 0 Å². The van der Waals surface area contributed by atoms with Gasteiger partial charge in [-0.1, -0.05) is 19.3 Å². The SMILES string of the molecule is CN(C)C(=O)CCCCCCCC[NH3+]. The van der Waals surface area contributed by atoms with Crippen LogP contribution in [0.25, 0.3) is 0 Å². The first-order chi connectivity index (χ1) is 6.68. The van der Waals surface area contributed by atoms with E-state index in [1.807, 2.05) is 14.1 Å². The second-order valence-corrected chi connectivity index (χ2v) is 4.01. The van der Waals surface area contributed by atoms with Crippen LogP contribution in [-0.4, -0.2) is 31.4 Å². The third kappa shape index (κ3) is 8.05. The lowest BCUT2D eigenvalue weighted by atomic mass is 10.1. The van der Waals surface area contributed by atoms with Gasteiger partial charge >= 0.3 is 0 Å². The fourth-order valence-electron chi connectivity index (χ4n) is 1.38. The Balaban J connectivity index is 3.10. The molecular weight excluding hydrogens is 176 g/mol. The maximum atomic E-state index is 11.2. The van der Waals surface area contributed by atoms with E-state index in [0.29, 0.717) is 6.42 Å². The highest BCUT2D eigenvalue weighted by Gasteiger charge is 2.02. The maximum absolute atomic E-state index is 11.2. The zero-order valence-electron chi connectivity index (χ0n) is 9.72. The first kappa shape index (κ1) is 13.4. The molecule has 1 amide bonds. The molecule has 3 heteroatoms. The topological polar surface area (TPSA) is 48.0 Å². The molecule has 0 unspecified atom stereocenters. The Bertz CT molecular complexity index is 146. The highest BCUT2D eigenvalue weighted by atomic mass is 16.2. The molecule has 0 atom stereocenters. The molecule has 3 N–H and O–H groups in total. The van der Waals surface area contributed by atoms with E-state index in [1.165, 1.54) is 32.1 Å². The summed E-state index contributed by atoms with van der Waals surface area (Å²) in [6.45, 7) is 1.05. The molecule has 0 aliphatic rings. The van der Waals surface area contributed by atoms with Crippen molar-refractivity contribution >= 4 is 5.91 Å². The Kier molecular flexibility index (Phi) is 8.64. The molecule has 14 heavy (non-hydrogen) atoms. The minimum atomic E-state index is 0.253. The van der Waals surface area contributed by atoms with Gasteiger partial charge in [0.25, 0.3) is 0 Å². The minimum absolute atomic E-state index is 0.253. The van der Waals surface area contributed by atoms with Gasteiger partial charge in [-0.3, -0.25) is 4.79 Å². The number of rotatable bonds is 8. The molecule has 0 aromatic carbocycles. The van der Waals surface area contributed by atoms with Crippen LogP contribution in [0.1, 0.15) is 44.9 Å². The molecule has 0 radical (unpaired) electrons. The van der Waals surface area contributed by atoms with E-state index in [-0.39, 0.29) is 5.91 Å². The molecule has 0 bridgehead atoms. The quantitative estimate of drug-likeness (QED) is 0.586. The Labute approximate surface area is 87.6 Å². The molecule has 0 saturated heterocycles. The summed E-state index contributed by atoms with van der Waals surface area (Å²) in [7, 11) is 3.63. The van der Waals surface area contributed by atoms with Crippen molar-refractivity contribution in [2.45, 2.75) is 44.9 Å². The van der Waals surface area contributed by atoms with E-state index in [9.17, 15) is 4.79 Å². The molecule has 3 nitrogen and oxygen atoms in total. The molecule has 0 heterocycles. The number of hydrogen-bond acceptors (Lipinski definition) is 1. The number of unbranched alkanes of at least 4 members (excludes halogenated alkanes) is 5. The van der Waals surface area contributed by atoms with E-state index in [0.717, 1.165) is 13.0 Å². The molecule has 0 aliphatic heterocycles. The van der Waals surface area contributed by atoms with Crippen LogP contribution in [0.4, 0.5) is 0 Å².